The van der Waals surface area contributed by atoms with Gasteiger partial charge in [-0.25, -0.2) is 0 Å². The van der Waals surface area contributed by atoms with Crippen LogP contribution in [-0.2, 0) is 19.4 Å². The molecule has 3 nitrogen and oxygen atoms in total. The van der Waals surface area contributed by atoms with Crippen LogP contribution >= 0.6 is 0 Å². The van der Waals surface area contributed by atoms with Crippen LogP contribution < -0.4 is 5.32 Å². The third kappa shape index (κ3) is 4.15. The monoisotopic (exact) mass is 237 g/mol. The highest BCUT2D eigenvalue weighted by molar-refractivity contribution is 5.12. The molecule has 0 amide bonds. The van der Waals surface area contributed by atoms with Crippen LogP contribution in [0.25, 0.3) is 0 Å². The van der Waals surface area contributed by atoms with Crippen LogP contribution in [0.5, 0.6) is 0 Å². The van der Waals surface area contributed by atoms with E-state index in [1.54, 1.807) is 0 Å². The summed E-state index contributed by atoms with van der Waals surface area (Å²) >= 11 is 0. The van der Waals surface area contributed by atoms with Crippen molar-refractivity contribution < 1.29 is 0 Å². The smallest absolute Gasteiger partial charge is 0.0624 e. The van der Waals surface area contributed by atoms with Crippen LogP contribution in [0, 0.1) is 5.41 Å². The van der Waals surface area contributed by atoms with Gasteiger partial charge in [0.15, 0.2) is 0 Å². The fourth-order valence-corrected chi connectivity index (χ4v) is 2.15. The first-order chi connectivity index (χ1) is 8.02. The van der Waals surface area contributed by atoms with E-state index in [0.717, 1.165) is 25.9 Å². The normalized spacial score (nSPS) is 12.1. The van der Waals surface area contributed by atoms with Gasteiger partial charge in [-0.2, -0.15) is 5.10 Å². The van der Waals surface area contributed by atoms with Crippen molar-refractivity contribution in [3.63, 3.8) is 0 Å². The number of rotatable bonds is 7. The van der Waals surface area contributed by atoms with Gasteiger partial charge in [-0.15, -0.1) is 0 Å². The molecule has 1 N–H and O–H groups in total. The van der Waals surface area contributed by atoms with Gasteiger partial charge in [0.25, 0.3) is 0 Å². The molecule has 3 heteroatoms. The Morgan fingerprint density at radius 3 is 2.59 bits per heavy atom. The van der Waals surface area contributed by atoms with Crippen LogP contribution in [0.2, 0.25) is 0 Å². The maximum Gasteiger partial charge on any atom is 0.0624 e. The van der Waals surface area contributed by atoms with E-state index < -0.39 is 0 Å². The third-order valence-corrected chi connectivity index (χ3v) is 3.29. The Kier molecular flexibility index (Phi) is 5.19. The molecule has 17 heavy (non-hydrogen) atoms. The first-order valence-corrected chi connectivity index (χ1v) is 6.72. The Balaban J connectivity index is 2.75. The van der Waals surface area contributed by atoms with Crippen LogP contribution in [0.3, 0.4) is 0 Å². The van der Waals surface area contributed by atoms with Crippen molar-refractivity contribution in [2.24, 2.45) is 5.41 Å². The van der Waals surface area contributed by atoms with Gasteiger partial charge in [0, 0.05) is 12.2 Å². The van der Waals surface area contributed by atoms with E-state index in [4.69, 9.17) is 0 Å². The first kappa shape index (κ1) is 14.2. The second-order valence-corrected chi connectivity index (χ2v) is 5.49. The SMILES string of the molecule is CCc1cc(CC(C)(C)CCNC)n(CC)n1. The molecule has 0 unspecified atom stereocenters. The molecule has 0 saturated heterocycles. The molecular formula is C14H27N3. The first-order valence-electron chi connectivity index (χ1n) is 6.72. The molecule has 0 atom stereocenters. The fourth-order valence-electron chi connectivity index (χ4n) is 2.15. The lowest BCUT2D eigenvalue weighted by molar-refractivity contribution is 0.320. The van der Waals surface area contributed by atoms with E-state index in [0.29, 0.717) is 5.41 Å². The molecule has 0 aliphatic carbocycles. The predicted molar refractivity (Wildman–Crippen MR) is 73.3 cm³/mol. The Morgan fingerprint density at radius 1 is 1.35 bits per heavy atom. The summed E-state index contributed by atoms with van der Waals surface area (Å²) in [5, 5.41) is 7.84. The summed E-state index contributed by atoms with van der Waals surface area (Å²) in [5.41, 5.74) is 2.93. The zero-order valence-electron chi connectivity index (χ0n) is 12.0. The second kappa shape index (κ2) is 6.20. The predicted octanol–water partition coefficient (Wildman–Crippen LogP) is 2.64. The molecule has 98 valence electrons. The van der Waals surface area contributed by atoms with Gasteiger partial charge in [0.05, 0.1) is 5.69 Å². The lowest BCUT2D eigenvalue weighted by atomic mass is 9.84. The molecule has 1 heterocycles. The van der Waals surface area contributed by atoms with Crippen molar-refractivity contribution in [2.75, 3.05) is 13.6 Å². The van der Waals surface area contributed by atoms with E-state index >= 15 is 0 Å². The molecule has 1 aromatic heterocycles. The highest BCUT2D eigenvalue weighted by atomic mass is 15.3. The number of hydrogen-bond donors (Lipinski definition) is 1. The van der Waals surface area contributed by atoms with Crippen LogP contribution in [-0.4, -0.2) is 23.4 Å². The number of aryl methyl sites for hydroxylation is 2. The van der Waals surface area contributed by atoms with Gasteiger partial charge in [0.2, 0.25) is 0 Å². The van der Waals surface area contributed by atoms with Crippen molar-refractivity contribution in [1.29, 1.82) is 0 Å². The van der Waals surface area contributed by atoms with Gasteiger partial charge < -0.3 is 5.32 Å². The van der Waals surface area contributed by atoms with E-state index in [1.807, 2.05) is 7.05 Å². The van der Waals surface area contributed by atoms with E-state index in [9.17, 15) is 0 Å². The van der Waals surface area contributed by atoms with Crippen molar-refractivity contribution in [3.8, 4) is 0 Å². The summed E-state index contributed by atoms with van der Waals surface area (Å²) in [6, 6.07) is 2.27. The Morgan fingerprint density at radius 2 is 2.06 bits per heavy atom. The zero-order valence-corrected chi connectivity index (χ0v) is 12.0. The molecule has 0 radical (unpaired) electrons. The van der Waals surface area contributed by atoms with Crippen LogP contribution in [0.15, 0.2) is 6.07 Å². The summed E-state index contributed by atoms with van der Waals surface area (Å²) in [5.74, 6) is 0. The summed E-state index contributed by atoms with van der Waals surface area (Å²) in [4.78, 5) is 0. The molecular weight excluding hydrogens is 210 g/mol. The minimum atomic E-state index is 0.334. The molecule has 0 bridgehead atoms. The number of aromatic nitrogens is 2. The zero-order chi connectivity index (χ0) is 12.9. The van der Waals surface area contributed by atoms with Gasteiger partial charge >= 0.3 is 0 Å². The highest BCUT2D eigenvalue weighted by Crippen LogP contribution is 2.26. The molecule has 0 aliphatic rings. The Bertz CT molecular complexity index is 339. The van der Waals surface area contributed by atoms with Gasteiger partial charge in [0.1, 0.15) is 0 Å². The van der Waals surface area contributed by atoms with Crippen molar-refractivity contribution >= 4 is 0 Å². The minimum absolute atomic E-state index is 0.334. The average molecular weight is 237 g/mol. The molecule has 0 aliphatic heterocycles. The lowest BCUT2D eigenvalue weighted by Gasteiger charge is -2.24. The molecule has 0 spiro atoms. The van der Waals surface area contributed by atoms with E-state index in [1.165, 1.54) is 17.8 Å². The number of hydrogen-bond acceptors (Lipinski definition) is 2. The summed E-state index contributed by atoms with van der Waals surface area (Å²) < 4.78 is 2.15. The lowest BCUT2D eigenvalue weighted by Crippen LogP contribution is -2.23. The van der Waals surface area contributed by atoms with Crippen molar-refractivity contribution in [2.45, 2.75) is 53.5 Å². The fraction of sp³-hybridized carbons (Fsp3) is 0.786. The topological polar surface area (TPSA) is 29.9 Å². The number of nitrogens with one attached hydrogen (secondary N) is 1. The summed E-state index contributed by atoms with van der Waals surface area (Å²) in [7, 11) is 2.02. The maximum absolute atomic E-state index is 4.61. The van der Waals surface area contributed by atoms with Crippen LogP contribution in [0.1, 0.15) is 45.5 Å². The maximum atomic E-state index is 4.61. The molecule has 0 fully saturated rings. The van der Waals surface area contributed by atoms with Gasteiger partial charge in [-0.05, 0) is 51.3 Å². The van der Waals surface area contributed by atoms with Crippen molar-refractivity contribution in [1.82, 2.24) is 15.1 Å². The van der Waals surface area contributed by atoms with E-state index in [2.05, 4.69) is 48.9 Å². The Labute approximate surface area is 106 Å². The average Bonchev–Trinajstić information content (AvgIpc) is 2.68. The molecule has 1 aromatic rings. The standard InChI is InChI=1S/C14H27N3/c1-6-12-10-13(17(7-2)16-12)11-14(3,4)8-9-15-5/h10,15H,6-9,11H2,1-5H3. The summed E-state index contributed by atoms with van der Waals surface area (Å²) in [6.07, 6.45) is 3.33. The largest absolute Gasteiger partial charge is 0.320 e. The highest BCUT2D eigenvalue weighted by Gasteiger charge is 2.20. The Hall–Kier alpha value is -0.830. The van der Waals surface area contributed by atoms with Crippen molar-refractivity contribution in [3.05, 3.63) is 17.5 Å². The summed E-state index contributed by atoms with van der Waals surface area (Å²) in [6.45, 7) is 11.0. The quantitative estimate of drug-likeness (QED) is 0.790. The molecule has 0 aromatic carbocycles. The van der Waals surface area contributed by atoms with Gasteiger partial charge in [-0.3, -0.25) is 4.68 Å². The molecule has 1 rings (SSSR count). The number of nitrogens with zero attached hydrogens (tertiary/aromatic N) is 2. The minimum Gasteiger partial charge on any atom is -0.320 e. The third-order valence-electron chi connectivity index (χ3n) is 3.29. The van der Waals surface area contributed by atoms with Gasteiger partial charge in [-0.1, -0.05) is 20.8 Å². The van der Waals surface area contributed by atoms with Crippen LogP contribution in [0.4, 0.5) is 0 Å². The second-order valence-electron chi connectivity index (χ2n) is 5.49. The van der Waals surface area contributed by atoms with E-state index in [-0.39, 0.29) is 0 Å². The molecule has 0 saturated carbocycles.